The van der Waals surface area contributed by atoms with Gasteiger partial charge in [-0.1, -0.05) is 12.1 Å². The van der Waals surface area contributed by atoms with Gasteiger partial charge in [0.05, 0.1) is 39.3 Å². The molecule has 0 aliphatic heterocycles. The van der Waals surface area contributed by atoms with Gasteiger partial charge in [-0.15, -0.1) is 5.10 Å². The van der Waals surface area contributed by atoms with Gasteiger partial charge < -0.3 is 19.5 Å². The van der Waals surface area contributed by atoms with Crippen LogP contribution in [0.5, 0.6) is 17.4 Å². The van der Waals surface area contributed by atoms with E-state index in [0.29, 0.717) is 43.1 Å². The third kappa shape index (κ3) is 5.80. The number of rotatable bonds is 11. The Morgan fingerprint density at radius 3 is 2.53 bits per heavy atom. The molecule has 4 aromatic rings. The van der Waals surface area contributed by atoms with Crippen molar-refractivity contribution in [2.45, 2.75) is 32.4 Å². The maximum atomic E-state index is 12.7. The second-order valence-corrected chi connectivity index (χ2v) is 9.50. The largest absolute Gasteiger partial charge is 0.497 e. The van der Waals surface area contributed by atoms with Crippen molar-refractivity contribution in [2.24, 2.45) is 13.0 Å². The number of nitrogens with one attached hydrogen (secondary N) is 1. The number of benzene rings is 1. The van der Waals surface area contributed by atoms with Crippen molar-refractivity contribution in [3.05, 3.63) is 87.7 Å². The molecule has 3 heterocycles. The molecule has 0 amide bonds. The summed E-state index contributed by atoms with van der Waals surface area (Å²) in [5, 5.41) is 12.1. The smallest absolute Gasteiger partial charge is 0.290 e. The van der Waals surface area contributed by atoms with E-state index in [-0.39, 0.29) is 5.56 Å². The molecule has 1 aliphatic carbocycles. The fourth-order valence-electron chi connectivity index (χ4n) is 4.42. The molecule has 0 bridgehead atoms. The highest BCUT2D eigenvalue weighted by molar-refractivity contribution is 5.44. The Kier molecular flexibility index (Phi) is 7.30. The minimum absolute atomic E-state index is 0.215. The molecule has 1 saturated carbocycles. The second-order valence-electron chi connectivity index (χ2n) is 9.50. The first kappa shape index (κ1) is 25.3. The first-order valence-corrected chi connectivity index (χ1v) is 12.5. The van der Waals surface area contributed by atoms with E-state index in [1.807, 2.05) is 54.2 Å². The normalized spacial score (nSPS) is 16.2. The third-order valence-corrected chi connectivity index (χ3v) is 6.80. The first-order chi connectivity index (χ1) is 18.4. The predicted octanol–water partition coefficient (Wildman–Crippen LogP) is 3.54. The van der Waals surface area contributed by atoms with Crippen molar-refractivity contribution in [1.29, 1.82) is 0 Å². The molecule has 1 unspecified atom stereocenters. The van der Waals surface area contributed by atoms with E-state index in [9.17, 15) is 4.79 Å². The van der Waals surface area contributed by atoms with Crippen molar-refractivity contribution in [3.8, 4) is 17.4 Å². The number of hydrogen-bond acceptors (Lipinski definition) is 8. The van der Waals surface area contributed by atoms with Crippen LogP contribution in [0, 0.1) is 12.8 Å². The zero-order valence-corrected chi connectivity index (χ0v) is 22.0. The molecule has 0 spiro atoms. The summed E-state index contributed by atoms with van der Waals surface area (Å²) in [5.74, 6) is 2.71. The van der Waals surface area contributed by atoms with Gasteiger partial charge in [0.1, 0.15) is 17.2 Å². The van der Waals surface area contributed by atoms with Crippen molar-refractivity contribution < 1.29 is 14.2 Å². The lowest BCUT2D eigenvalue weighted by atomic mass is 10.2. The minimum atomic E-state index is -0.215. The highest BCUT2D eigenvalue weighted by Crippen LogP contribution is 2.46. The summed E-state index contributed by atoms with van der Waals surface area (Å²) in [6.45, 7) is 3.58. The van der Waals surface area contributed by atoms with Gasteiger partial charge in [0.2, 0.25) is 5.88 Å². The zero-order valence-electron chi connectivity index (χ0n) is 22.0. The molecule has 2 atom stereocenters. The maximum Gasteiger partial charge on any atom is 0.290 e. The van der Waals surface area contributed by atoms with E-state index >= 15 is 0 Å². The second kappa shape index (κ2) is 11.0. The summed E-state index contributed by atoms with van der Waals surface area (Å²) in [4.78, 5) is 17.2. The Morgan fingerprint density at radius 2 is 1.82 bits per heavy atom. The van der Waals surface area contributed by atoms with Gasteiger partial charge in [-0.3, -0.25) is 14.5 Å². The van der Waals surface area contributed by atoms with Crippen LogP contribution in [-0.4, -0.2) is 45.4 Å². The Balaban J connectivity index is 1.18. The number of methoxy groups -OCH3 is 2. The maximum absolute atomic E-state index is 12.7. The molecule has 5 rings (SSSR count). The number of aryl methyl sites for hydroxylation is 2. The molecule has 10 nitrogen and oxygen atoms in total. The monoisotopic (exact) mass is 516 g/mol. The number of anilines is 1. The average molecular weight is 517 g/mol. The number of pyridine rings is 1. The van der Waals surface area contributed by atoms with Gasteiger partial charge in [-0.2, -0.15) is 5.10 Å². The zero-order chi connectivity index (χ0) is 26.6. The van der Waals surface area contributed by atoms with Crippen LogP contribution < -0.4 is 25.1 Å². The van der Waals surface area contributed by atoms with Crippen LogP contribution in [0.3, 0.4) is 0 Å². The molecule has 38 heavy (non-hydrogen) atoms. The van der Waals surface area contributed by atoms with Gasteiger partial charge in [-0.05, 0) is 43.2 Å². The number of ether oxygens (including phenoxy) is 3. The standard InChI is InChI=1S/C28H32N6O4/c1-18-21(16-34(31-18)15-19-5-7-22(36-3)8-6-19)13-29-26-12-27(32-33(2)28(26)35)38-17-20-11-24(20)25-10-9-23(37-4)14-30-25/h5-10,12,14,16,20,24,29H,11,13,15,17H2,1-4H3/t20?,24-/m1/s1. The Morgan fingerprint density at radius 1 is 1.05 bits per heavy atom. The molecule has 0 radical (unpaired) electrons. The van der Waals surface area contributed by atoms with Crippen LogP contribution in [0.15, 0.2) is 59.7 Å². The molecule has 1 fully saturated rings. The van der Waals surface area contributed by atoms with Gasteiger partial charge in [0.15, 0.2) is 0 Å². The molecule has 1 aromatic carbocycles. The van der Waals surface area contributed by atoms with E-state index in [2.05, 4.69) is 20.5 Å². The van der Waals surface area contributed by atoms with Crippen molar-refractivity contribution in [1.82, 2.24) is 24.5 Å². The molecular formula is C28H32N6O4. The van der Waals surface area contributed by atoms with Gasteiger partial charge in [0, 0.05) is 48.9 Å². The predicted molar refractivity (Wildman–Crippen MR) is 143 cm³/mol. The van der Waals surface area contributed by atoms with E-state index in [4.69, 9.17) is 14.2 Å². The van der Waals surface area contributed by atoms with E-state index in [1.165, 1.54) is 4.68 Å². The fraction of sp³-hybridized carbons (Fsp3) is 0.357. The molecular weight excluding hydrogens is 484 g/mol. The number of aromatic nitrogens is 5. The molecule has 0 saturated heterocycles. The summed E-state index contributed by atoms with van der Waals surface area (Å²) < 4.78 is 19.6. The molecule has 1 aliphatic rings. The SMILES string of the molecule is COc1ccc(Cn2cc(CNc3cc(OCC4C[C@H]4c4ccc(OC)cn4)nn(C)c3=O)c(C)n2)cc1. The van der Waals surface area contributed by atoms with Crippen LogP contribution in [0.25, 0.3) is 0 Å². The van der Waals surface area contributed by atoms with Gasteiger partial charge >= 0.3 is 0 Å². The summed E-state index contributed by atoms with van der Waals surface area (Å²) in [7, 11) is 4.91. The summed E-state index contributed by atoms with van der Waals surface area (Å²) in [6.07, 6.45) is 4.74. The van der Waals surface area contributed by atoms with Gasteiger partial charge in [0.25, 0.3) is 5.56 Å². The van der Waals surface area contributed by atoms with Crippen LogP contribution in [0.4, 0.5) is 5.69 Å². The van der Waals surface area contributed by atoms with Crippen LogP contribution >= 0.6 is 0 Å². The van der Waals surface area contributed by atoms with E-state index in [1.54, 1.807) is 33.5 Å². The number of nitrogens with zero attached hydrogens (tertiary/aromatic N) is 5. The van der Waals surface area contributed by atoms with E-state index in [0.717, 1.165) is 40.4 Å². The quantitative estimate of drug-likeness (QED) is 0.323. The van der Waals surface area contributed by atoms with Crippen molar-refractivity contribution in [2.75, 3.05) is 26.1 Å². The van der Waals surface area contributed by atoms with Crippen molar-refractivity contribution in [3.63, 3.8) is 0 Å². The van der Waals surface area contributed by atoms with Crippen LogP contribution in [0.2, 0.25) is 0 Å². The van der Waals surface area contributed by atoms with Gasteiger partial charge in [-0.25, -0.2) is 4.68 Å². The highest BCUT2D eigenvalue weighted by atomic mass is 16.5. The van der Waals surface area contributed by atoms with E-state index < -0.39 is 0 Å². The fourth-order valence-corrected chi connectivity index (χ4v) is 4.42. The summed E-state index contributed by atoms with van der Waals surface area (Å²) in [6, 6.07) is 13.5. The molecule has 1 N–H and O–H groups in total. The minimum Gasteiger partial charge on any atom is -0.497 e. The van der Waals surface area contributed by atoms with Crippen molar-refractivity contribution >= 4 is 5.69 Å². The average Bonchev–Trinajstić information content (AvgIpc) is 3.63. The number of hydrogen-bond donors (Lipinski definition) is 1. The van der Waals surface area contributed by atoms with Crippen LogP contribution in [-0.2, 0) is 20.1 Å². The lowest BCUT2D eigenvalue weighted by molar-refractivity contribution is 0.278. The Bertz CT molecular complexity index is 1450. The molecule has 198 valence electrons. The lowest BCUT2D eigenvalue weighted by Gasteiger charge is -2.10. The third-order valence-electron chi connectivity index (χ3n) is 6.80. The Labute approximate surface area is 221 Å². The summed E-state index contributed by atoms with van der Waals surface area (Å²) in [5.41, 5.74) is 4.29. The Hall–Kier alpha value is -4.34. The van der Waals surface area contributed by atoms with Crippen LogP contribution in [0.1, 0.15) is 34.9 Å². The first-order valence-electron chi connectivity index (χ1n) is 12.5. The summed E-state index contributed by atoms with van der Waals surface area (Å²) >= 11 is 0. The lowest BCUT2D eigenvalue weighted by Crippen LogP contribution is -2.24. The topological polar surface area (TPSA) is 105 Å². The highest BCUT2D eigenvalue weighted by Gasteiger charge is 2.40. The molecule has 3 aromatic heterocycles. The molecule has 10 heteroatoms.